The SMILES string of the molecule is Cc1nc(C(C)n2cnc3sc4c(c3c2=O)CCC(NCCc2ccccc2Cl)C4)cs1. The Morgan fingerprint density at radius 2 is 2.19 bits per heavy atom. The maximum Gasteiger partial charge on any atom is 0.262 e. The van der Waals surface area contributed by atoms with Gasteiger partial charge in [-0.2, -0.15) is 0 Å². The Balaban J connectivity index is 1.33. The number of nitrogens with zero attached hydrogens (tertiary/aromatic N) is 3. The first-order valence-corrected chi connectivity index (χ1v) is 13.0. The average molecular weight is 485 g/mol. The van der Waals surface area contributed by atoms with Crippen molar-refractivity contribution in [2.24, 2.45) is 0 Å². The van der Waals surface area contributed by atoms with Crippen molar-refractivity contribution in [1.82, 2.24) is 19.9 Å². The second kappa shape index (κ2) is 9.06. The Kier molecular flexibility index (Phi) is 6.16. The highest BCUT2D eigenvalue weighted by Crippen LogP contribution is 2.34. The van der Waals surface area contributed by atoms with E-state index in [-0.39, 0.29) is 11.6 Å². The van der Waals surface area contributed by atoms with Gasteiger partial charge in [-0.3, -0.25) is 9.36 Å². The van der Waals surface area contributed by atoms with Crippen LogP contribution in [0.25, 0.3) is 10.2 Å². The minimum Gasteiger partial charge on any atom is -0.313 e. The zero-order valence-corrected chi connectivity index (χ0v) is 20.5. The highest BCUT2D eigenvalue weighted by atomic mass is 35.5. The molecule has 4 aromatic rings. The first-order valence-electron chi connectivity index (χ1n) is 10.9. The molecule has 0 spiro atoms. The Labute approximate surface area is 200 Å². The van der Waals surface area contributed by atoms with E-state index >= 15 is 0 Å². The lowest BCUT2D eigenvalue weighted by atomic mass is 9.93. The maximum atomic E-state index is 13.4. The summed E-state index contributed by atoms with van der Waals surface area (Å²) in [5, 5.41) is 8.36. The molecule has 0 saturated heterocycles. The first kappa shape index (κ1) is 21.8. The van der Waals surface area contributed by atoms with Crippen LogP contribution in [0.5, 0.6) is 0 Å². The molecule has 8 heteroatoms. The molecule has 0 fully saturated rings. The van der Waals surface area contributed by atoms with Gasteiger partial charge in [0.25, 0.3) is 5.56 Å². The van der Waals surface area contributed by atoms with Crippen molar-refractivity contribution < 1.29 is 0 Å². The summed E-state index contributed by atoms with van der Waals surface area (Å²) in [5.41, 5.74) is 3.34. The third kappa shape index (κ3) is 4.15. The number of aromatic nitrogens is 3. The van der Waals surface area contributed by atoms with Gasteiger partial charge in [0.1, 0.15) is 4.83 Å². The number of aryl methyl sites for hydroxylation is 2. The van der Waals surface area contributed by atoms with E-state index in [2.05, 4.69) is 21.4 Å². The number of rotatable bonds is 6. The van der Waals surface area contributed by atoms with Gasteiger partial charge in [-0.25, -0.2) is 9.97 Å². The molecule has 1 N–H and O–H groups in total. The molecule has 32 heavy (non-hydrogen) atoms. The minimum atomic E-state index is -0.122. The molecule has 166 valence electrons. The lowest BCUT2D eigenvalue weighted by Crippen LogP contribution is -2.35. The zero-order chi connectivity index (χ0) is 22.2. The van der Waals surface area contributed by atoms with Crippen LogP contribution >= 0.6 is 34.3 Å². The summed E-state index contributed by atoms with van der Waals surface area (Å²) in [7, 11) is 0. The molecule has 2 atom stereocenters. The fourth-order valence-corrected chi connectivity index (χ4v) is 6.64. The van der Waals surface area contributed by atoms with Gasteiger partial charge in [0.05, 0.1) is 28.5 Å². The number of hydrogen-bond donors (Lipinski definition) is 1. The first-order chi connectivity index (χ1) is 15.5. The molecule has 0 amide bonds. The Hall–Kier alpha value is -2.06. The molecule has 1 aliphatic rings. The fourth-order valence-electron chi connectivity index (χ4n) is 4.46. The highest BCUT2D eigenvalue weighted by molar-refractivity contribution is 7.18. The number of nitrogens with one attached hydrogen (secondary N) is 1. The summed E-state index contributed by atoms with van der Waals surface area (Å²) in [6.45, 7) is 4.89. The van der Waals surface area contributed by atoms with Crippen molar-refractivity contribution in [3.8, 4) is 0 Å². The summed E-state index contributed by atoms with van der Waals surface area (Å²) in [4.78, 5) is 24.8. The minimum absolute atomic E-state index is 0.0516. The van der Waals surface area contributed by atoms with Crippen molar-refractivity contribution in [3.63, 3.8) is 0 Å². The quantitative estimate of drug-likeness (QED) is 0.410. The summed E-state index contributed by atoms with van der Waals surface area (Å²) in [6, 6.07) is 8.31. The van der Waals surface area contributed by atoms with Gasteiger partial charge >= 0.3 is 0 Å². The summed E-state index contributed by atoms with van der Waals surface area (Å²) < 4.78 is 1.73. The van der Waals surface area contributed by atoms with Gasteiger partial charge in [-0.15, -0.1) is 22.7 Å². The van der Waals surface area contributed by atoms with E-state index in [9.17, 15) is 4.79 Å². The Morgan fingerprint density at radius 3 is 2.97 bits per heavy atom. The van der Waals surface area contributed by atoms with Crippen LogP contribution in [0.3, 0.4) is 0 Å². The Bertz CT molecular complexity index is 1330. The predicted molar refractivity (Wildman–Crippen MR) is 134 cm³/mol. The van der Waals surface area contributed by atoms with Gasteiger partial charge in [0.2, 0.25) is 0 Å². The molecule has 0 saturated carbocycles. The van der Waals surface area contributed by atoms with Crippen molar-refractivity contribution in [1.29, 1.82) is 0 Å². The standard InChI is InChI=1S/C24H25ClN4OS2/c1-14(20-12-31-15(2)28-20)29-13-27-23-22(24(29)30)18-8-7-17(11-21(18)32-23)26-10-9-16-5-3-4-6-19(16)25/h3-6,12-14,17,26H,7-11H2,1-2H3. The zero-order valence-electron chi connectivity index (χ0n) is 18.1. The number of benzene rings is 1. The molecule has 3 aromatic heterocycles. The molecule has 3 heterocycles. The van der Waals surface area contributed by atoms with Crippen LogP contribution in [0.2, 0.25) is 5.02 Å². The molecule has 0 radical (unpaired) electrons. The molecule has 1 aliphatic carbocycles. The van der Waals surface area contributed by atoms with Crippen LogP contribution in [0.1, 0.15) is 46.1 Å². The van der Waals surface area contributed by atoms with E-state index in [1.807, 2.05) is 37.4 Å². The summed E-state index contributed by atoms with van der Waals surface area (Å²) >= 11 is 9.56. The molecular formula is C24H25ClN4OS2. The number of fused-ring (bicyclic) bond motifs is 3. The van der Waals surface area contributed by atoms with Crippen molar-refractivity contribution in [2.45, 2.75) is 51.6 Å². The summed E-state index contributed by atoms with van der Waals surface area (Å²) in [6.07, 6.45) is 5.47. The second-order valence-electron chi connectivity index (χ2n) is 8.34. The van der Waals surface area contributed by atoms with E-state index in [1.54, 1.807) is 33.6 Å². The molecular weight excluding hydrogens is 460 g/mol. The van der Waals surface area contributed by atoms with Gasteiger partial charge in [0.15, 0.2) is 0 Å². The van der Waals surface area contributed by atoms with E-state index in [0.717, 1.165) is 58.2 Å². The number of halogens is 1. The van der Waals surface area contributed by atoms with E-state index in [4.69, 9.17) is 11.6 Å². The normalized spacial score (nSPS) is 16.9. The van der Waals surface area contributed by atoms with Crippen molar-refractivity contribution in [2.75, 3.05) is 6.54 Å². The monoisotopic (exact) mass is 484 g/mol. The largest absolute Gasteiger partial charge is 0.313 e. The van der Waals surface area contributed by atoms with E-state index < -0.39 is 0 Å². The third-order valence-electron chi connectivity index (χ3n) is 6.26. The highest BCUT2D eigenvalue weighted by Gasteiger charge is 2.26. The van der Waals surface area contributed by atoms with Crippen molar-refractivity contribution in [3.05, 3.63) is 78.1 Å². The fraction of sp³-hybridized carbons (Fsp3) is 0.375. The average Bonchev–Trinajstić information content (AvgIpc) is 3.38. The van der Waals surface area contributed by atoms with Gasteiger partial charge in [0, 0.05) is 21.3 Å². The molecule has 5 rings (SSSR count). The number of hydrogen-bond acceptors (Lipinski definition) is 6. The van der Waals surface area contributed by atoms with Crippen LogP contribution in [0, 0.1) is 6.92 Å². The van der Waals surface area contributed by atoms with Crippen LogP contribution < -0.4 is 10.9 Å². The van der Waals surface area contributed by atoms with Crippen LogP contribution in [-0.2, 0) is 19.3 Å². The van der Waals surface area contributed by atoms with E-state index in [1.165, 1.54) is 16.0 Å². The molecule has 5 nitrogen and oxygen atoms in total. The third-order valence-corrected chi connectivity index (χ3v) is 8.58. The van der Waals surface area contributed by atoms with Crippen molar-refractivity contribution >= 4 is 44.5 Å². The lowest BCUT2D eigenvalue weighted by Gasteiger charge is -2.23. The van der Waals surface area contributed by atoms with E-state index in [0.29, 0.717) is 6.04 Å². The molecule has 1 aromatic carbocycles. The lowest BCUT2D eigenvalue weighted by molar-refractivity contribution is 0.466. The van der Waals surface area contributed by atoms with Gasteiger partial charge < -0.3 is 5.32 Å². The topological polar surface area (TPSA) is 59.8 Å². The molecule has 0 bridgehead atoms. The number of thiophene rings is 1. The van der Waals surface area contributed by atoms with Gasteiger partial charge in [-0.05, 0) is 63.3 Å². The van der Waals surface area contributed by atoms with Crippen LogP contribution in [-0.4, -0.2) is 27.1 Å². The molecule has 0 aliphatic heterocycles. The van der Waals surface area contributed by atoms with Crippen LogP contribution in [0.4, 0.5) is 0 Å². The predicted octanol–water partition coefficient (Wildman–Crippen LogP) is 5.18. The smallest absolute Gasteiger partial charge is 0.262 e. The van der Waals surface area contributed by atoms with Crippen LogP contribution in [0.15, 0.2) is 40.8 Å². The number of thiazole rings is 1. The summed E-state index contributed by atoms with van der Waals surface area (Å²) in [5.74, 6) is 0. The van der Waals surface area contributed by atoms with Gasteiger partial charge in [-0.1, -0.05) is 29.8 Å². The molecule has 2 unspecified atom stereocenters. The maximum absolute atomic E-state index is 13.4. The second-order valence-corrected chi connectivity index (χ2v) is 10.9. The Morgan fingerprint density at radius 1 is 1.34 bits per heavy atom.